The molecule has 194 valence electrons. The Bertz CT molecular complexity index is 1470. The summed E-state index contributed by atoms with van der Waals surface area (Å²) in [7, 11) is 3.54. The van der Waals surface area contributed by atoms with Crippen LogP contribution >= 0.6 is 0 Å². The van der Waals surface area contributed by atoms with Gasteiger partial charge in [0.1, 0.15) is 0 Å². The van der Waals surface area contributed by atoms with Crippen molar-refractivity contribution in [1.29, 1.82) is 0 Å². The summed E-state index contributed by atoms with van der Waals surface area (Å²) in [5.41, 5.74) is 7.42. The maximum Gasteiger partial charge on any atom is 0.253 e. The molecule has 2 aliphatic rings. The lowest BCUT2D eigenvalue weighted by Gasteiger charge is -2.25. The van der Waals surface area contributed by atoms with E-state index in [1.54, 1.807) is 19.0 Å². The molecule has 2 heterocycles. The van der Waals surface area contributed by atoms with Crippen LogP contribution in [0.2, 0.25) is 0 Å². The number of carbonyl (C=O) groups is 1. The van der Waals surface area contributed by atoms with Crippen LogP contribution in [0.4, 0.5) is 11.6 Å². The highest BCUT2D eigenvalue weighted by atomic mass is 16.2. The fraction of sp³-hybridized carbons (Fsp3) is 0.344. The molecular weight excluding hydrogens is 470 g/mol. The first-order chi connectivity index (χ1) is 18.5. The van der Waals surface area contributed by atoms with Crippen LogP contribution < -0.4 is 5.32 Å². The summed E-state index contributed by atoms with van der Waals surface area (Å²) in [6.45, 7) is 2.54. The van der Waals surface area contributed by atoms with Gasteiger partial charge in [-0.15, -0.1) is 0 Å². The number of carbonyl (C=O) groups excluding carboxylic acids is 1. The first kappa shape index (κ1) is 24.6. The average molecular weight is 506 g/mol. The first-order valence-electron chi connectivity index (χ1n) is 13.8. The molecule has 0 radical (unpaired) electrons. The topological polar surface area (TPSA) is 61.4 Å². The number of aryl methyl sites for hydroxylation is 2. The Hall–Kier alpha value is -3.77. The molecule has 1 aromatic heterocycles. The van der Waals surface area contributed by atoms with Crippen LogP contribution in [0.3, 0.4) is 0 Å². The Morgan fingerprint density at radius 2 is 1.74 bits per heavy atom. The maximum absolute atomic E-state index is 12.5. The molecule has 0 spiro atoms. The summed E-state index contributed by atoms with van der Waals surface area (Å²) in [4.78, 5) is 26.4. The largest absolute Gasteiger partial charge is 0.345 e. The lowest BCUT2D eigenvalue weighted by molar-refractivity contribution is 0.0827. The summed E-state index contributed by atoms with van der Waals surface area (Å²) < 4.78 is 0. The third kappa shape index (κ3) is 5.01. The van der Waals surface area contributed by atoms with Gasteiger partial charge in [-0.1, -0.05) is 36.4 Å². The Morgan fingerprint density at radius 1 is 0.947 bits per heavy atom. The van der Waals surface area contributed by atoms with E-state index < -0.39 is 0 Å². The molecular formula is C32H35N5O. The Morgan fingerprint density at radius 3 is 2.55 bits per heavy atom. The van der Waals surface area contributed by atoms with E-state index in [9.17, 15) is 4.79 Å². The zero-order valence-corrected chi connectivity index (χ0v) is 22.3. The lowest BCUT2D eigenvalue weighted by Crippen LogP contribution is -2.32. The molecule has 1 saturated heterocycles. The van der Waals surface area contributed by atoms with Crippen molar-refractivity contribution >= 4 is 28.4 Å². The van der Waals surface area contributed by atoms with Crippen LogP contribution in [-0.4, -0.2) is 58.9 Å². The molecule has 1 fully saturated rings. The van der Waals surface area contributed by atoms with E-state index in [1.165, 1.54) is 49.9 Å². The minimum Gasteiger partial charge on any atom is -0.345 e. The van der Waals surface area contributed by atoms with Gasteiger partial charge in [-0.3, -0.25) is 4.79 Å². The zero-order valence-electron chi connectivity index (χ0n) is 22.3. The second-order valence-electron chi connectivity index (χ2n) is 10.8. The predicted molar refractivity (Wildman–Crippen MR) is 154 cm³/mol. The van der Waals surface area contributed by atoms with Gasteiger partial charge in [0.05, 0.1) is 5.52 Å². The molecule has 1 N–H and O–H groups in total. The molecule has 1 aliphatic heterocycles. The van der Waals surface area contributed by atoms with Gasteiger partial charge in [-0.05, 0) is 92.6 Å². The predicted octanol–water partition coefficient (Wildman–Crippen LogP) is 6.09. The van der Waals surface area contributed by atoms with Crippen molar-refractivity contribution in [3.05, 3.63) is 83.6 Å². The van der Waals surface area contributed by atoms with Crippen LogP contribution in [0, 0.1) is 0 Å². The quantitative estimate of drug-likeness (QED) is 0.333. The summed E-state index contributed by atoms with van der Waals surface area (Å²) in [6, 6.07) is 21.3. The molecule has 1 amide bonds. The van der Waals surface area contributed by atoms with Gasteiger partial charge in [0.15, 0.2) is 0 Å². The standard InChI is InChI=1S/C32H35N5O/c1-36(2)31(38)25-8-5-7-24(19-25)29-10-6-9-26-21-33-32(35-30(26)29)34-27-14-11-22-12-15-28(16-13-23(22)20-27)37-17-3-4-18-37/h5-11,14,19-21,28H,3-4,12-13,15-18H2,1-2H3,(H,33,34,35). The average Bonchev–Trinajstić information content (AvgIpc) is 3.40. The van der Waals surface area contributed by atoms with Crippen molar-refractivity contribution in [1.82, 2.24) is 19.8 Å². The highest BCUT2D eigenvalue weighted by Gasteiger charge is 2.24. The molecule has 1 unspecified atom stereocenters. The fourth-order valence-corrected chi connectivity index (χ4v) is 6.00. The SMILES string of the molecule is CN(C)C(=O)c1cccc(-c2cccc3cnc(Nc4ccc5c(c4)CCC(N4CCCC4)CC5)nc23)c1. The maximum atomic E-state index is 12.5. The lowest BCUT2D eigenvalue weighted by atomic mass is 10.0. The van der Waals surface area contributed by atoms with Gasteiger partial charge in [0, 0.05) is 48.5 Å². The summed E-state index contributed by atoms with van der Waals surface area (Å²) in [5.74, 6) is 0.563. The van der Waals surface area contributed by atoms with Crippen LogP contribution in [0.1, 0.15) is 47.2 Å². The molecule has 1 aliphatic carbocycles. The fourth-order valence-electron chi connectivity index (χ4n) is 6.00. The van der Waals surface area contributed by atoms with E-state index >= 15 is 0 Å². The van der Waals surface area contributed by atoms with Crippen molar-refractivity contribution in [2.24, 2.45) is 0 Å². The third-order valence-corrected chi connectivity index (χ3v) is 8.05. The Kier molecular flexibility index (Phi) is 6.81. The Labute approximate surface area is 224 Å². The van der Waals surface area contributed by atoms with E-state index in [1.807, 2.05) is 42.6 Å². The minimum atomic E-state index is -0.0148. The van der Waals surface area contributed by atoms with Crippen LogP contribution in [-0.2, 0) is 12.8 Å². The highest BCUT2D eigenvalue weighted by Crippen LogP contribution is 2.31. The van der Waals surface area contributed by atoms with Crippen LogP contribution in [0.15, 0.2) is 66.9 Å². The van der Waals surface area contributed by atoms with E-state index in [4.69, 9.17) is 4.98 Å². The summed E-state index contributed by atoms with van der Waals surface area (Å²) >= 11 is 0. The van der Waals surface area contributed by atoms with Crippen molar-refractivity contribution in [3.8, 4) is 11.1 Å². The molecule has 0 saturated carbocycles. The van der Waals surface area contributed by atoms with Gasteiger partial charge in [0.25, 0.3) is 5.91 Å². The van der Waals surface area contributed by atoms with Gasteiger partial charge in [-0.2, -0.15) is 0 Å². The molecule has 0 bridgehead atoms. The normalized spacial score (nSPS) is 17.7. The van der Waals surface area contributed by atoms with Crippen molar-refractivity contribution in [2.75, 3.05) is 32.5 Å². The number of anilines is 2. The van der Waals surface area contributed by atoms with Crippen molar-refractivity contribution < 1.29 is 4.79 Å². The van der Waals surface area contributed by atoms with Crippen molar-refractivity contribution in [3.63, 3.8) is 0 Å². The summed E-state index contributed by atoms with van der Waals surface area (Å²) in [6.07, 6.45) is 9.35. The van der Waals surface area contributed by atoms with E-state index in [0.717, 1.165) is 46.6 Å². The number of aromatic nitrogens is 2. The third-order valence-electron chi connectivity index (χ3n) is 8.05. The smallest absolute Gasteiger partial charge is 0.253 e. The number of nitrogens with one attached hydrogen (secondary N) is 1. The number of benzene rings is 3. The minimum absolute atomic E-state index is 0.0148. The molecule has 4 aromatic rings. The van der Waals surface area contributed by atoms with Crippen LogP contribution in [0.25, 0.3) is 22.0 Å². The monoisotopic (exact) mass is 505 g/mol. The van der Waals surface area contributed by atoms with E-state index in [2.05, 4.69) is 39.5 Å². The van der Waals surface area contributed by atoms with Crippen LogP contribution in [0.5, 0.6) is 0 Å². The van der Waals surface area contributed by atoms with Gasteiger partial charge < -0.3 is 15.1 Å². The number of nitrogens with zero attached hydrogens (tertiary/aromatic N) is 4. The molecule has 6 heteroatoms. The van der Waals surface area contributed by atoms with Crippen molar-refractivity contribution in [2.45, 2.75) is 44.6 Å². The number of amides is 1. The molecule has 6 nitrogen and oxygen atoms in total. The number of hydrogen-bond acceptors (Lipinski definition) is 5. The zero-order chi connectivity index (χ0) is 26.1. The number of para-hydroxylation sites is 1. The number of rotatable bonds is 5. The molecule has 1 atom stereocenters. The second-order valence-corrected chi connectivity index (χ2v) is 10.8. The molecule has 38 heavy (non-hydrogen) atoms. The molecule has 3 aromatic carbocycles. The Balaban J connectivity index is 1.26. The number of hydrogen-bond donors (Lipinski definition) is 1. The van der Waals surface area contributed by atoms with Gasteiger partial charge >= 0.3 is 0 Å². The van der Waals surface area contributed by atoms with E-state index in [0.29, 0.717) is 11.5 Å². The number of fused-ring (bicyclic) bond motifs is 2. The highest BCUT2D eigenvalue weighted by molar-refractivity contribution is 5.98. The van der Waals surface area contributed by atoms with Gasteiger partial charge in [-0.25, -0.2) is 9.97 Å². The second kappa shape index (κ2) is 10.5. The molecule has 6 rings (SSSR count). The number of likely N-dealkylation sites (tertiary alicyclic amines) is 1. The van der Waals surface area contributed by atoms with Gasteiger partial charge in [0.2, 0.25) is 5.95 Å². The van der Waals surface area contributed by atoms with E-state index in [-0.39, 0.29) is 5.91 Å². The first-order valence-corrected chi connectivity index (χ1v) is 13.8. The summed E-state index contributed by atoms with van der Waals surface area (Å²) in [5, 5.41) is 4.43.